The Bertz CT molecular complexity index is 511. The maximum atomic E-state index is 12.5. The number of nitrogens with one attached hydrogen (secondary N) is 2. The molecule has 114 valence electrons. The number of rotatable bonds is 3. The average Bonchev–Trinajstić information content (AvgIpc) is 2.47. The van der Waals surface area contributed by atoms with E-state index in [0.717, 1.165) is 25.3 Å². The minimum absolute atomic E-state index is 0.0233. The molecule has 5 heteroatoms. The number of hydrogen-bond donors (Lipinski definition) is 2. The lowest BCUT2D eigenvalue weighted by molar-refractivity contribution is -0.118. The van der Waals surface area contributed by atoms with Gasteiger partial charge in [0.1, 0.15) is 0 Å². The molecule has 21 heavy (non-hydrogen) atoms. The molecule has 1 atom stereocenters. The smallest absolute Gasteiger partial charge is 0.254 e. The maximum absolute atomic E-state index is 12.5. The Balaban J connectivity index is 2.04. The predicted molar refractivity (Wildman–Crippen MR) is 83.3 cm³/mol. The van der Waals surface area contributed by atoms with Crippen molar-refractivity contribution in [2.24, 2.45) is 5.92 Å². The molecule has 0 radical (unpaired) electrons. The molecule has 1 aliphatic heterocycles. The third-order valence-electron chi connectivity index (χ3n) is 3.69. The van der Waals surface area contributed by atoms with Crippen molar-refractivity contribution >= 4 is 17.5 Å². The van der Waals surface area contributed by atoms with E-state index in [2.05, 4.69) is 10.6 Å². The van der Waals surface area contributed by atoms with E-state index < -0.39 is 0 Å². The van der Waals surface area contributed by atoms with Crippen LogP contribution >= 0.6 is 0 Å². The lowest BCUT2D eigenvalue weighted by Crippen LogP contribution is -2.52. The van der Waals surface area contributed by atoms with Crippen LogP contribution < -0.4 is 10.6 Å². The number of benzene rings is 1. The minimum atomic E-state index is -0.0620. The Hall–Kier alpha value is -1.88. The molecule has 1 fully saturated rings. The molecule has 0 spiro atoms. The first-order valence-electron chi connectivity index (χ1n) is 7.41. The lowest BCUT2D eigenvalue weighted by atomic mass is 10.1. The van der Waals surface area contributed by atoms with Gasteiger partial charge in [0.2, 0.25) is 5.91 Å². The van der Waals surface area contributed by atoms with Gasteiger partial charge in [0.05, 0.1) is 0 Å². The Kier molecular flexibility index (Phi) is 4.96. The summed E-state index contributed by atoms with van der Waals surface area (Å²) in [7, 11) is 0. The third kappa shape index (κ3) is 3.82. The van der Waals surface area contributed by atoms with E-state index in [0.29, 0.717) is 5.56 Å². The van der Waals surface area contributed by atoms with Crippen LogP contribution in [-0.2, 0) is 4.79 Å². The second kappa shape index (κ2) is 6.72. The van der Waals surface area contributed by atoms with Crippen LogP contribution in [-0.4, -0.2) is 42.4 Å². The Morgan fingerprint density at radius 2 is 1.95 bits per heavy atom. The normalized spacial score (nSPS) is 18.7. The first kappa shape index (κ1) is 15.5. The fraction of sp³-hybridized carbons (Fsp3) is 0.500. The van der Waals surface area contributed by atoms with Crippen molar-refractivity contribution < 1.29 is 9.59 Å². The number of amides is 2. The molecule has 2 amide bonds. The zero-order chi connectivity index (χ0) is 15.4. The molecule has 1 aromatic rings. The second-order valence-electron chi connectivity index (χ2n) is 5.77. The van der Waals surface area contributed by atoms with Crippen molar-refractivity contribution in [1.29, 1.82) is 0 Å². The zero-order valence-electron chi connectivity index (χ0n) is 12.8. The molecule has 1 aliphatic rings. The molecule has 0 saturated carbocycles. The number of carbonyl (C=O) groups is 2. The van der Waals surface area contributed by atoms with E-state index in [9.17, 15) is 9.59 Å². The van der Waals surface area contributed by atoms with Gasteiger partial charge in [0.25, 0.3) is 5.91 Å². The number of nitrogens with zero attached hydrogens (tertiary/aromatic N) is 1. The summed E-state index contributed by atoms with van der Waals surface area (Å²) in [5.41, 5.74) is 1.38. The van der Waals surface area contributed by atoms with Crippen molar-refractivity contribution in [1.82, 2.24) is 10.2 Å². The summed E-state index contributed by atoms with van der Waals surface area (Å²) in [6, 6.07) is 7.30. The van der Waals surface area contributed by atoms with Crippen molar-refractivity contribution in [3.8, 4) is 0 Å². The van der Waals surface area contributed by atoms with E-state index >= 15 is 0 Å². The summed E-state index contributed by atoms with van der Waals surface area (Å²) < 4.78 is 0. The number of hydrogen-bond acceptors (Lipinski definition) is 3. The van der Waals surface area contributed by atoms with Crippen LogP contribution in [0.1, 0.15) is 31.1 Å². The second-order valence-corrected chi connectivity index (χ2v) is 5.77. The van der Waals surface area contributed by atoms with Crippen LogP contribution in [0.25, 0.3) is 0 Å². The molecular weight excluding hydrogens is 266 g/mol. The van der Waals surface area contributed by atoms with Crippen molar-refractivity contribution in [3.63, 3.8) is 0 Å². The molecule has 0 aromatic heterocycles. The van der Waals surface area contributed by atoms with Gasteiger partial charge in [-0.1, -0.05) is 13.8 Å². The predicted octanol–water partition coefficient (Wildman–Crippen LogP) is 1.71. The average molecular weight is 289 g/mol. The van der Waals surface area contributed by atoms with Gasteiger partial charge in [-0.15, -0.1) is 0 Å². The SMILES string of the molecule is CC(C)C(=O)Nc1ccc(C(=O)N2CCNC[C@@H]2C)cc1. The summed E-state index contributed by atoms with van der Waals surface area (Å²) in [5, 5.41) is 6.09. The molecule has 0 aliphatic carbocycles. The highest BCUT2D eigenvalue weighted by molar-refractivity contribution is 5.96. The topological polar surface area (TPSA) is 61.4 Å². The van der Waals surface area contributed by atoms with Crippen molar-refractivity contribution in [2.45, 2.75) is 26.8 Å². The quantitative estimate of drug-likeness (QED) is 0.890. The van der Waals surface area contributed by atoms with Crippen LogP contribution in [0.4, 0.5) is 5.69 Å². The Labute approximate surface area is 125 Å². The van der Waals surface area contributed by atoms with Crippen LogP contribution in [0.5, 0.6) is 0 Å². The maximum Gasteiger partial charge on any atom is 0.254 e. The van der Waals surface area contributed by atoms with Crippen LogP contribution in [0.15, 0.2) is 24.3 Å². The molecule has 5 nitrogen and oxygen atoms in total. The van der Waals surface area contributed by atoms with Gasteiger partial charge in [-0.25, -0.2) is 0 Å². The van der Waals surface area contributed by atoms with Gasteiger partial charge >= 0.3 is 0 Å². The number of carbonyl (C=O) groups excluding carboxylic acids is 2. The van der Waals surface area contributed by atoms with Crippen LogP contribution in [0.2, 0.25) is 0 Å². The summed E-state index contributed by atoms with van der Waals surface area (Å²) in [6.07, 6.45) is 0. The lowest BCUT2D eigenvalue weighted by Gasteiger charge is -2.34. The van der Waals surface area contributed by atoms with E-state index in [1.807, 2.05) is 25.7 Å². The molecule has 0 unspecified atom stereocenters. The van der Waals surface area contributed by atoms with Gasteiger partial charge in [-0.05, 0) is 31.2 Å². The number of anilines is 1. The Morgan fingerprint density at radius 3 is 2.52 bits per heavy atom. The molecule has 2 rings (SSSR count). The highest BCUT2D eigenvalue weighted by Gasteiger charge is 2.23. The largest absolute Gasteiger partial charge is 0.333 e. The van der Waals surface area contributed by atoms with Gasteiger partial charge in [0.15, 0.2) is 0 Å². The fourth-order valence-corrected chi connectivity index (χ4v) is 2.29. The van der Waals surface area contributed by atoms with E-state index in [1.54, 1.807) is 24.3 Å². The van der Waals surface area contributed by atoms with Crippen LogP contribution in [0.3, 0.4) is 0 Å². The van der Waals surface area contributed by atoms with Gasteiger partial charge < -0.3 is 15.5 Å². The first-order valence-corrected chi connectivity index (χ1v) is 7.41. The standard InChI is InChI=1S/C16H23N3O2/c1-11(2)15(20)18-14-6-4-13(5-7-14)16(21)19-9-8-17-10-12(19)3/h4-7,11-12,17H,8-10H2,1-3H3,(H,18,20)/t12-/m0/s1. The molecular formula is C16H23N3O2. The third-order valence-corrected chi connectivity index (χ3v) is 3.69. The highest BCUT2D eigenvalue weighted by Crippen LogP contribution is 2.14. The fourth-order valence-electron chi connectivity index (χ4n) is 2.29. The molecule has 1 aromatic carbocycles. The minimum Gasteiger partial charge on any atom is -0.333 e. The first-order chi connectivity index (χ1) is 9.99. The monoisotopic (exact) mass is 289 g/mol. The summed E-state index contributed by atoms with van der Waals surface area (Å²) in [4.78, 5) is 26.0. The van der Waals surface area contributed by atoms with Gasteiger partial charge in [-0.2, -0.15) is 0 Å². The van der Waals surface area contributed by atoms with E-state index in [4.69, 9.17) is 0 Å². The Morgan fingerprint density at radius 1 is 1.29 bits per heavy atom. The molecule has 0 bridgehead atoms. The van der Waals surface area contributed by atoms with E-state index in [-0.39, 0.29) is 23.8 Å². The summed E-state index contributed by atoms with van der Waals surface area (Å²) >= 11 is 0. The molecule has 1 saturated heterocycles. The summed E-state index contributed by atoms with van der Waals surface area (Å²) in [6.45, 7) is 8.12. The van der Waals surface area contributed by atoms with Gasteiger partial charge in [0, 0.05) is 42.8 Å². The van der Waals surface area contributed by atoms with Crippen molar-refractivity contribution in [2.75, 3.05) is 25.0 Å². The van der Waals surface area contributed by atoms with E-state index in [1.165, 1.54) is 0 Å². The number of piperazine rings is 1. The zero-order valence-corrected chi connectivity index (χ0v) is 12.8. The highest BCUT2D eigenvalue weighted by atomic mass is 16.2. The molecule has 1 heterocycles. The van der Waals surface area contributed by atoms with Crippen molar-refractivity contribution in [3.05, 3.63) is 29.8 Å². The van der Waals surface area contributed by atoms with Crippen LogP contribution in [0, 0.1) is 5.92 Å². The molecule has 2 N–H and O–H groups in total. The van der Waals surface area contributed by atoms with Gasteiger partial charge in [-0.3, -0.25) is 9.59 Å². The summed E-state index contributed by atoms with van der Waals surface area (Å²) in [5.74, 6) is -0.0384.